The van der Waals surface area contributed by atoms with Crippen LogP contribution in [0.5, 0.6) is 0 Å². The van der Waals surface area contributed by atoms with Crippen molar-refractivity contribution in [1.82, 2.24) is 10.4 Å². The summed E-state index contributed by atoms with van der Waals surface area (Å²) in [5.74, 6) is 5.36. The summed E-state index contributed by atoms with van der Waals surface area (Å²) in [5.41, 5.74) is 5.21. The van der Waals surface area contributed by atoms with Gasteiger partial charge < -0.3 is 0 Å². The average Bonchev–Trinajstić information content (AvgIpc) is 2.47. The van der Waals surface area contributed by atoms with Gasteiger partial charge in [-0.3, -0.25) is 16.3 Å². The maximum absolute atomic E-state index is 5.36. The molecule has 3 nitrogen and oxygen atoms in total. The second kappa shape index (κ2) is 2.60. The third-order valence-electron chi connectivity index (χ3n) is 2.16. The Bertz CT molecular complexity index is 259. The Morgan fingerprint density at radius 2 is 2.55 bits per heavy atom. The first-order valence-electron chi connectivity index (χ1n) is 3.81. The van der Waals surface area contributed by atoms with Crippen LogP contribution in [0.4, 0.5) is 0 Å². The van der Waals surface area contributed by atoms with Gasteiger partial charge in [-0.25, -0.2) is 0 Å². The Kier molecular flexibility index (Phi) is 1.60. The van der Waals surface area contributed by atoms with E-state index in [1.54, 1.807) is 0 Å². The molecule has 0 aliphatic heterocycles. The van der Waals surface area contributed by atoms with Crippen LogP contribution in [0.15, 0.2) is 18.3 Å². The van der Waals surface area contributed by atoms with Gasteiger partial charge in [0.15, 0.2) is 0 Å². The molecule has 0 aromatic carbocycles. The summed E-state index contributed by atoms with van der Waals surface area (Å²) < 4.78 is 0. The number of rotatable bonds is 1. The van der Waals surface area contributed by atoms with Crippen LogP contribution in [-0.2, 0) is 6.42 Å². The molecule has 1 heterocycles. The Labute approximate surface area is 65.6 Å². The zero-order valence-corrected chi connectivity index (χ0v) is 6.25. The normalized spacial score (nSPS) is 21.7. The summed E-state index contributed by atoms with van der Waals surface area (Å²) in [6.07, 6.45) is 3.98. The van der Waals surface area contributed by atoms with Gasteiger partial charge in [-0.2, -0.15) is 0 Å². The van der Waals surface area contributed by atoms with Gasteiger partial charge >= 0.3 is 0 Å². The lowest BCUT2D eigenvalue weighted by Crippen LogP contribution is -2.26. The number of fused-ring (bicyclic) bond motifs is 1. The fourth-order valence-corrected chi connectivity index (χ4v) is 1.57. The minimum atomic E-state index is 0.270. The Morgan fingerprint density at radius 1 is 1.64 bits per heavy atom. The van der Waals surface area contributed by atoms with E-state index in [4.69, 9.17) is 5.84 Å². The number of nitrogens with two attached hydrogens (primary N) is 1. The lowest BCUT2D eigenvalue weighted by molar-refractivity contribution is 0.541. The van der Waals surface area contributed by atoms with Crippen molar-refractivity contribution in [3.8, 4) is 0 Å². The average molecular weight is 149 g/mol. The summed E-state index contributed by atoms with van der Waals surface area (Å²) >= 11 is 0. The number of aryl methyl sites for hydroxylation is 1. The number of hydrogen-bond acceptors (Lipinski definition) is 3. The van der Waals surface area contributed by atoms with E-state index in [9.17, 15) is 0 Å². The molecule has 0 saturated heterocycles. The maximum atomic E-state index is 5.36. The molecule has 0 spiro atoms. The highest BCUT2D eigenvalue weighted by Gasteiger charge is 2.21. The van der Waals surface area contributed by atoms with Crippen LogP contribution in [0.25, 0.3) is 0 Å². The molecule has 1 unspecified atom stereocenters. The van der Waals surface area contributed by atoms with Gasteiger partial charge in [-0.15, -0.1) is 0 Å². The number of nitrogens with one attached hydrogen (secondary N) is 1. The van der Waals surface area contributed by atoms with Crippen molar-refractivity contribution >= 4 is 0 Å². The molecule has 1 atom stereocenters. The highest BCUT2D eigenvalue weighted by Crippen LogP contribution is 2.27. The van der Waals surface area contributed by atoms with Crippen molar-refractivity contribution < 1.29 is 0 Å². The molecule has 0 saturated carbocycles. The van der Waals surface area contributed by atoms with E-state index in [-0.39, 0.29) is 6.04 Å². The molecule has 0 fully saturated rings. The molecular formula is C8H11N3. The highest BCUT2D eigenvalue weighted by molar-refractivity contribution is 5.27. The Balaban J connectivity index is 2.39. The first kappa shape index (κ1) is 6.76. The molecule has 1 aliphatic carbocycles. The van der Waals surface area contributed by atoms with Crippen LogP contribution >= 0.6 is 0 Å². The Morgan fingerprint density at radius 3 is 3.36 bits per heavy atom. The number of hydrogen-bond donors (Lipinski definition) is 2. The molecule has 0 radical (unpaired) electrons. The predicted octanol–water partition coefficient (Wildman–Crippen LogP) is 0.532. The lowest BCUT2D eigenvalue weighted by atomic mass is 10.2. The molecule has 58 valence electrons. The van der Waals surface area contributed by atoms with Gasteiger partial charge in [-0.1, -0.05) is 6.07 Å². The molecule has 2 rings (SSSR count). The minimum absolute atomic E-state index is 0.270. The molecule has 1 aromatic heterocycles. The van der Waals surface area contributed by atoms with Crippen LogP contribution in [0.2, 0.25) is 0 Å². The molecule has 11 heavy (non-hydrogen) atoms. The summed E-state index contributed by atoms with van der Waals surface area (Å²) in [4.78, 5) is 4.27. The molecule has 1 aliphatic rings. The smallest absolute Gasteiger partial charge is 0.0638 e. The third-order valence-corrected chi connectivity index (χ3v) is 2.16. The number of aromatic nitrogens is 1. The van der Waals surface area contributed by atoms with E-state index in [0.29, 0.717) is 0 Å². The van der Waals surface area contributed by atoms with Crippen molar-refractivity contribution in [3.63, 3.8) is 0 Å². The Hall–Kier alpha value is -0.930. The second-order valence-electron chi connectivity index (χ2n) is 2.81. The molecule has 1 aromatic rings. The number of nitrogens with zero attached hydrogens (tertiary/aromatic N) is 1. The fourth-order valence-electron chi connectivity index (χ4n) is 1.57. The van der Waals surface area contributed by atoms with Crippen LogP contribution in [0.3, 0.4) is 0 Å². The first-order valence-corrected chi connectivity index (χ1v) is 3.81. The van der Waals surface area contributed by atoms with Crippen molar-refractivity contribution in [2.24, 2.45) is 5.84 Å². The number of pyridine rings is 1. The lowest BCUT2D eigenvalue weighted by Gasteiger charge is -2.06. The van der Waals surface area contributed by atoms with Gasteiger partial charge in [0.1, 0.15) is 0 Å². The van der Waals surface area contributed by atoms with E-state index >= 15 is 0 Å². The number of hydrazine groups is 1. The van der Waals surface area contributed by atoms with Gasteiger partial charge in [0.2, 0.25) is 0 Å². The summed E-state index contributed by atoms with van der Waals surface area (Å²) in [6, 6.07) is 4.35. The van der Waals surface area contributed by atoms with E-state index < -0.39 is 0 Å². The van der Waals surface area contributed by atoms with Crippen LogP contribution in [0, 0.1) is 0 Å². The first-order chi connectivity index (χ1) is 5.42. The van der Waals surface area contributed by atoms with Crippen molar-refractivity contribution in [3.05, 3.63) is 29.6 Å². The largest absolute Gasteiger partial charge is 0.271 e. The molecule has 0 bridgehead atoms. The molecule has 3 N–H and O–H groups in total. The van der Waals surface area contributed by atoms with Gasteiger partial charge in [-0.05, 0) is 24.5 Å². The fraction of sp³-hybridized carbons (Fsp3) is 0.375. The van der Waals surface area contributed by atoms with Gasteiger partial charge in [0.05, 0.1) is 11.7 Å². The zero-order chi connectivity index (χ0) is 7.68. The maximum Gasteiger partial charge on any atom is 0.0638 e. The predicted molar refractivity (Wildman–Crippen MR) is 42.6 cm³/mol. The molecule has 3 heteroatoms. The van der Waals surface area contributed by atoms with Crippen LogP contribution in [0.1, 0.15) is 23.7 Å². The zero-order valence-electron chi connectivity index (χ0n) is 6.25. The minimum Gasteiger partial charge on any atom is -0.271 e. The highest BCUT2D eigenvalue weighted by atomic mass is 15.2. The second-order valence-corrected chi connectivity index (χ2v) is 2.81. The quantitative estimate of drug-likeness (QED) is 0.452. The van der Waals surface area contributed by atoms with E-state index in [1.165, 1.54) is 5.56 Å². The van der Waals surface area contributed by atoms with Gasteiger partial charge in [0, 0.05) is 6.20 Å². The summed E-state index contributed by atoms with van der Waals surface area (Å²) in [5, 5.41) is 0. The van der Waals surface area contributed by atoms with E-state index in [1.807, 2.05) is 12.3 Å². The van der Waals surface area contributed by atoms with Crippen molar-refractivity contribution in [1.29, 1.82) is 0 Å². The monoisotopic (exact) mass is 149 g/mol. The van der Waals surface area contributed by atoms with Crippen molar-refractivity contribution in [2.45, 2.75) is 18.9 Å². The molecular weight excluding hydrogens is 138 g/mol. The summed E-state index contributed by atoms with van der Waals surface area (Å²) in [7, 11) is 0. The standard InChI is InChI=1S/C8H11N3/c9-11-7-4-3-6-2-1-5-10-8(6)7/h1-2,5,7,11H,3-4,9H2. The SMILES string of the molecule is NNC1CCc2cccnc21. The van der Waals surface area contributed by atoms with Gasteiger partial charge in [0.25, 0.3) is 0 Å². The van der Waals surface area contributed by atoms with E-state index in [2.05, 4.69) is 16.5 Å². The topological polar surface area (TPSA) is 50.9 Å². The molecule has 0 amide bonds. The van der Waals surface area contributed by atoms with Crippen LogP contribution < -0.4 is 11.3 Å². The van der Waals surface area contributed by atoms with E-state index in [0.717, 1.165) is 18.5 Å². The third kappa shape index (κ3) is 1.02. The summed E-state index contributed by atoms with van der Waals surface area (Å²) in [6.45, 7) is 0. The van der Waals surface area contributed by atoms with Crippen LogP contribution in [-0.4, -0.2) is 4.98 Å². The van der Waals surface area contributed by atoms with Crippen molar-refractivity contribution in [2.75, 3.05) is 0 Å².